The van der Waals surface area contributed by atoms with Crippen molar-refractivity contribution in [1.82, 2.24) is 0 Å². The van der Waals surface area contributed by atoms with Crippen LogP contribution in [0.25, 0.3) is 0 Å². The van der Waals surface area contributed by atoms with Crippen LogP contribution in [-0.4, -0.2) is 13.2 Å². The summed E-state index contributed by atoms with van der Waals surface area (Å²) in [6.45, 7) is 6.75. The standard InChI is InChI=1S/C14H23NO/c1-5-12(10-11(2)3)15-13-6-8-14(16-4)9-7-13/h6-9,11-12,15H,5,10H2,1-4H3. The summed E-state index contributed by atoms with van der Waals surface area (Å²) in [5.74, 6) is 1.64. The van der Waals surface area contributed by atoms with Gasteiger partial charge in [-0.1, -0.05) is 20.8 Å². The van der Waals surface area contributed by atoms with Crippen molar-refractivity contribution in [2.75, 3.05) is 12.4 Å². The summed E-state index contributed by atoms with van der Waals surface area (Å²) < 4.78 is 5.14. The molecule has 0 bridgehead atoms. The van der Waals surface area contributed by atoms with Gasteiger partial charge in [-0.3, -0.25) is 0 Å². The van der Waals surface area contributed by atoms with E-state index in [4.69, 9.17) is 4.74 Å². The molecule has 0 aliphatic carbocycles. The van der Waals surface area contributed by atoms with E-state index in [1.807, 2.05) is 12.1 Å². The zero-order valence-corrected chi connectivity index (χ0v) is 10.8. The van der Waals surface area contributed by atoms with Gasteiger partial charge in [0.05, 0.1) is 7.11 Å². The van der Waals surface area contributed by atoms with Crippen LogP contribution in [-0.2, 0) is 0 Å². The third-order valence-electron chi connectivity index (χ3n) is 2.71. The van der Waals surface area contributed by atoms with Crippen LogP contribution in [0.15, 0.2) is 24.3 Å². The van der Waals surface area contributed by atoms with Gasteiger partial charge in [-0.25, -0.2) is 0 Å². The number of benzene rings is 1. The number of anilines is 1. The summed E-state index contributed by atoms with van der Waals surface area (Å²) in [4.78, 5) is 0. The summed E-state index contributed by atoms with van der Waals surface area (Å²) in [7, 11) is 1.69. The molecule has 1 rings (SSSR count). The van der Waals surface area contributed by atoms with Crippen molar-refractivity contribution in [2.45, 2.75) is 39.7 Å². The van der Waals surface area contributed by atoms with E-state index in [0.717, 1.165) is 18.1 Å². The molecule has 16 heavy (non-hydrogen) atoms. The van der Waals surface area contributed by atoms with Crippen LogP contribution in [0.5, 0.6) is 5.75 Å². The topological polar surface area (TPSA) is 21.3 Å². The Labute approximate surface area is 99.0 Å². The van der Waals surface area contributed by atoms with Gasteiger partial charge in [0.25, 0.3) is 0 Å². The monoisotopic (exact) mass is 221 g/mol. The lowest BCUT2D eigenvalue weighted by Gasteiger charge is -2.20. The number of hydrogen-bond donors (Lipinski definition) is 1. The quantitative estimate of drug-likeness (QED) is 0.785. The Kier molecular flexibility index (Phi) is 5.17. The number of hydrogen-bond acceptors (Lipinski definition) is 2. The number of ether oxygens (including phenoxy) is 1. The van der Waals surface area contributed by atoms with E-state index in [-0.39, 0.29) is 0 Å². The molecule has 0 radical (unpaired) electrons. The van der Waals surface area contributed by atoms with Gasteiger partial charge in [0.15, 0.2) is 0 Å². The van der Waals surface area contributed by atoms with Gasteiger partial charge in [-0.05, 0) is 43.0 Å². The molecule has 0 spiro atoms. The first-order valence-electron chi connectivity index (χ1n) is 6.06. The summed E-state index contributed by atoms with van der Waals surface area (Å²) in [6.07, 6.45) is 2.37. The van der Waals surface area contributed by atoms with Crippen LogP contribution < -0.4 is 10.1 Å². The number of rotatable bonds is 6. The summed E-state index contributed by atoms with van der Waals surface area (Å²) in [5, 5.41) is 3.56. The Bertz CT molecular complexity index is 292. The first-order valence-corrected chi connectivity index (χ1v) is 6.06. The van der Waals surface area contributed by atoms with Gasteiger partial charge in [-0.2, -0.15) is 0 Å². The normalized spacial score (nSPS) is 12.6. The third kappa shape index (κ3) is 4.13. The van der Waals surface area contributed by atoms with Gasteiger partial charge in [-0.15, -0.1) is 0 Å². The summed E-state index contributed by atoms with van der Waals surface area (Å²) >= 11 is 0. The van der Waals surface area contributed by atoms with Crippen LogP contribution in [0.4, 0.5) is 5.69 Å². The SMILES string of the molecule is CCC(CC(C)C)Nc1ccc(OC)cc1. The van der Waals surface area contributed by atoms with Crippen LogP contribution in [0.2, 0.25) is 0 Å². The first kappa shape index (κ1) is 12.9. The first-order chi connectivity index (χ1) is 7.65. The Morgan fingerprint density at radius 3 is 2.25 bits per heavy atom. The zero-order chi connectivity index (χ0) is 12.0. The molecule has 0 amide bonds. The van der Waals surface area contributed by atoms with Crippen LogP contribution >= 0.6 is 0 Å². The minimum atomic E-state index is 0.563. The van der Waals surface area contributed by atoms with E-state index in [0.29, 0.717) is 6.04 Å². The van der Waals surface area contributed by atoms with Crippen LogP contribution in [0.1, 0.15) is 33.6 Å². The van der Waals surface area contributed by atoms with Gasteiger partial charge < -0.3 is 10.1 Å². The van der Waals surface area contributed by atoms with E-state index in [1.165, 1.54) is 12.1 Å². The fourth-order valence-corrected chi connectivity index (χ4v) is 1.82. The Morgan fingerprint density at radius 2 is 1.81 bits per heavy atom. The molecule has 0 aliphatic heterocycles. The van der Waals surface area contributed by atoms with Crippen LogP contribution in [0.3, 0.4) is 0 Å². The molecule has 0 saturated heterocycles. The molecule has 90 valence electrons. The van der Waals surface area contributed by atoms with Crippen molar-refractivity contribution < 1.29 is 4.74 Å². The molecule has 1 aromatic carbocycles. The van der Waals surface area contributed by atoms with E-state index in [9.17, 15) is 0 Å². The highest BCUT2D eigenvalue weighted by Crippen LogP contribution is 2.18. The summed E-state index contributed by atoms with van der Waals surface area (Å²) in [5.41, 5.74) is 1.17. The van der Waals surface area contributed by atoms with Crippen molar-refractivity contribution >= 4 is 5.69 Å². The lowest BCUT2D eigenvalue weighted by molar-refractivity contribution is 0.415. The lowest BCUT2D eigenvalue weighted by atomic mass is 10.0. The smallest absolute Gasteiger partial charge is 0.119 e. The fraction of sp³-hybridized carbons (Fsp3) is 0.571. The van der Waals surface area contributed by atoms with Gasteiger partial charge in [0, 0.05) is 11.7 Å². The van der Waals surface area contributed by atoms with Crippen LogP contribution in [0, 0.1) is 5.92 Å². The van der Waals surface area contributed by atoms with Gasteiger partial charge >= 0.3 is 0 Å². The van der Waals surface area contributed by atoms with E-state index < -0.39 is 0 Å². The second-order valence-electron chi connectivity index (χ2n) is 4.61. The average Bonchev–Trinajstić information content (AvgIpc) is 2.28. The molecule has 2 heteroatoms. The predicted octanol–water partition coefficient (Wildman–Crippen LogP) is 3.93. The molecular weight excluding hydrogens is 198 g/mol. The highest BCUT2D eigenvalue weighted by molar-refractivity contribution is 5.47. The van der Waals surface area contributed by atoms with Crippen molar-refractivity contribution in [3.63, 3.8) is 0 Å². The van der Waals surface area contributed by atoms with Crippen molar-refractivity contribution in [1.29, 1.82) is 0 Å². The molecule has 1 unspecified atom stereocenters. The van der Waals surface area contributed by atoms with E-state index in [2.05, 4.69) is 38.2 Å². The molecule has 0 aromatic heterocycles. The molecule has 2 nitrogen and oxygen atoms in total. The minimum Gasteiger partial charge on any atom is -0.497 e. The zero-order valence-electron chi connectivity index (χ0n) is 10.8. The van der Waals surface area contributed by atoms with Gasteiger partial charge in [0.2, 0.25) is 0 Å². The summed E-state index contributed by atoms with van der Waals surface area (Å²) in [6, 6.07) is 8.69. The van der Waals surface area contributed by atoms with E-state index >= 15 is 0 Å². The maximum absolute atomic E-state index is 5.14. The second kappa shape index (κ2) is 6.41. The predicted molar refractivity (Wildman–Crippen MR) is 70.2 cm³/mol. The van der Waals surface area contributed by atoms with Crippen molar-refractivity contribution in [3.8, 4) is 5.75 Å². The largest absolute Gasteiger partial charge is 0.497 e. The maximum atomic E-state index is 5.14. The van der Waals surface area contributed by atoms with Crippen molar-refractivity contribution in [3.05, 3.63) is 24.3 Å². The molecule has 0 aliphatic rings. The van der Waals surface area contributed by atoms with Gasteiger partial charge in [0.1, 0.15) is 5.75 Å². The second-order valence-corrected chi connectivity index (χ2v) is 4.61. The molecule has 0 saturated carbocycles. The Hall–Kier alpha value is -1.18. The fourth-order valence-electron chi connectivity index (χ4n) is 1.82. The number of methoxy groups -OCH3 is 1. The molecule has 1 atom stereocenters. The Balaban J connectivity index is 2.56. The average molecular weight is 221 g/mol. The molecule has 1 aromatic rings. The number of nitrogens with one attached hydrogen (secondary N) is 1. The Morgan fingerprint density at radius 1 is 1.19 bits per heavy atom. The van der Waals surface area contributed by atoms with E-state index in [1.54, 1.807) is 7.11 Å². The highest BCUT2D eigenvalue weighted by Gasteiger charge is 2.08. The third-order valence-corrected chi connectivity index (χ3v) is 2.71. The minimum absolute atomic E-state index is 0.563. The highest BCUT2D eigenvalue weighted by atomic mass is 16.5. The molecular formula is C14H23NO. The van der Waals surface area contributed by atoms with Crippen molar-refractivity contribution in [2.24, 2.45) is 5.92 Å². The molecule has 0 fully saturated rings. The lowest BCUT2D eigenvalue weighted by Crippen LogP contribution is -2.20. The molecule has 0 heterocycles. The molecule has 1 N–H and O–H groups in total. The maximum Gasteiger partial charge on any atom is 0.119 e.